The maximum absolute atomic E-state index is 12.7. The van der Waals surface area contributed by atoms with Crippen LogP contribution in [0.4, 0.5) is 5.69 Å². The Hall–Kier alpha value is -1.51. The van der Waals surface area contributed by atoms with Crippen molar-refractivity contribution in [3.05, 3.63) is 29.3 Å². The second-order valence-corrected chi connectivity index (χ2v) is 5.86. The van der Waals surface area contributed by atoms with Gasteiger partial charge in [0.2, 0.25) is 0 Å². The number of carbonyl (C=O) groups is 1. The van der Waals surface area contributed by atoms with Gasteiger partial charge in [0.25, 0.3) is 5.91 Å². The van der Waals surface area contributed by atoms with E-state index in [-0.39, 0.29) is 5.91 Å². The molecule has 3 heteroatoms. The molecule has 3 rings (SSSR count). The van der Waals surface area contributed by atoms with Gasteiger partial charge in [-0.3, -0.25) is 4.79 Å². The van der Waals surface area contributed by atoms with Gasteiger partial charge in [0.1, 0.15) is 0 Å². The van der Waals surface area contributed by atoms with E-state index >= 15 is 0 Å². The van der Waals surface area contributed by atoms with E-state index in [1.807, 2.05) is 24.1 Å². The second kappa shape index (κ2) is 4.87. The SMILES string of the molecule is CC(C1CC1)N(C)C(=O)c1cccc2c1CCCN2. The Balaban J connectivity index is 1.86. The molecule has 1 atom stereocenters. The van der Waals surface area contributed by atoms with E-state index in [1.165, 1.54) is 18.4 Å². The molecule has 1 unspecified atom stereocenters. The zero-order valence-corrected chi connectivity index (χ0v) is 11.8. The van der Waals surface area contributed by atoms with Gasteiger partial charge in [0, 0.05) is 30.9 Å². The van der Waals surface area contributed by atoms with E-state index < -0.39 is 0 Å². The Bertz CT molecular complexity index is 494. The predicted molar refractivity (Wildman–Crippen MR) is 77.5 cm³/mol. The summed E-state index contributed by atoms with van der Waals surface area (Å²) in [5, 5.41) is 3.39. The van der Waals surface area contributed by atoms with Gasteiger partial charge in [0.05, 0.1) is 0 Å². The summed E-state index contributed by atoms with van der Waals surface area (Å²) in [4.78, 5) is 14.6. The largest absolute Gasteiger partial charge is 0.385 e. The average Bonchev–Trinajstić information content (AvgIpc) is 3.29. The number of hydrogen-bond acceptors (Lipinski definition) is 2. The van der Waals surface area contributed by atoms with Crippen molar-refractivity contribution < 1.29 is 4.79 Å². The molecule has 1 fully saturated rings. The van der Waals surface area contributed by atoms with Crippen LogP contribution in [0.5, 0.6) is 0 Å². The molecule has 0 aromatic heterocycles. The zero-order chi connectivity index (χ0) is 13.4. The van der Waals surface area contributed by atoms with Crippen molar-refractivity contribution in [3.8, 4) is 0 Å². The third-order valence-corrected chi connectivity index (χ3v) is 4.56. The van der Waals surface area contributed by atoms with Crippen LogP contribution in [0.1, 0.15) is 42.1 Å². The quantitative estimate of drug-likeness (QED) is 0.904. The van der Waals surface area contributed by atoms with Gasteiger partial charge in [-0.05, 0) is 56.2 Å². The van der Waals surface area contributed by atoms with Crippen LogP contribution in [0, 0.1) is 5.92 Å². The van der Waals surface area contributed by atoms with Crippen LogP contribution < -0.4 is 5.32 Å². The lowest BCUT2D eigenvalue weighted by molar-refractivity contribution is 0.0726. The molecule has 1 amide bonds. The molecule has 1 aliphatic carbocycles. The molecule has 1 aromatic carbocycles. The number of carbonyl (C=O) groups excluding carboxylic acids is 1. The van der Waals surface area contributed by atoms with E-state index in [0.717, 1.165) is 30.6 Å². The maximum atomic E-state index is 12.7. The maximum Gasteiger partial charge on any atom is 0.254 e. The summed E-state index contributed by atoms with van der Waals surface area (Å²) >= 11 is 0. The molecular formula is C16H22N2O. The summed E-state index contributed by atoms with van der Waals surface area (Å²) in [6, 6.07) is 6.40. The van der Waals surface area contributed by atoms with Gasteiger partial charge in [-0.1, -0.05) is 6.07 Å². The van der Waals surface area contributed by atoms with Crippen LogP contribution in [0.25, 0.3) is 0 Å². The minimum absolute atomic E-state index is 0.181. The Labute approximate surface area is 115 Å². The van der Waals surface area contributed by atoms with Crippen molar-refractivity contribution in [2.75, 3.05) is 18.9 Å². The molecule has 0 bridgehead atoms. The summed E-state index contributed by atoms with van der Waals surface area (Å²) in [7, 11) is 1.95. The molecule has 1 aliphatic heterocycles. The molecular weight excluding hydrogens is 236 g/mol. The van der Waals surface area contributed by atoms with Gasteiger partial charge < -0.3 is 10.2 Å². The Kier molecular flexibility index (Phi) is 3.21. The number of hydrogen-bond donors (Lipinski definition) is 1. The first-order valence-corrected chi connectivity index (χ1v) is 7.31. The van der Waals surface area contributed by atoms with Gasteiger partial charge in [-0.25, -0.2) is 0 Å². The van der Waals surface area contributed by atoms with E-state index in [4.69, 9.17) is 0 Å². The van der Waals surface area contributed by atoms with Crippen LogP contribution in [0.3, 0.4) is 0 Å². The molecule has 1 aromatic rings. The summed E-state index contributed by atoms with van der Waals surface area (Å²) in [5.41, 5.74) is 3.23. The van der Waals surface area contributed by atoms with Crippen LogP contribution in [-0.4, -0.2) is 30.4 Å². The number of rotatable bonds is 3. The second-order valence-electron chi connectivity index (χ2n) is 5.86. The lowest BCUT2D eigenvalue weighted by Gasteiger charge is -2.27. The summed E-state index contributed by atoms with van der Waals surface area (Å²) < 4.78 is 0. The smallest absolute Gasteiger partial charge is 0.254 e. The fourth-order valence-corrected chi connectivity index (χ4v) is 2.98. The molecule has 2 aliphatic rings. The Morgan fingerprint density at radius 1 is 1.42 bits per heavy atom. The van der Waals surface area contributed by atoms with Crippen LogP contribution in [0.2, 0.25) is 0 Å². The van der Waals surface area contributed by atoms with Crippen LogP contribution in [-0.2, 0) is 6.42 Å². The van der Waals surface area contributed by atoms with Gasteiger partial charge in [-0.2, -0.15) is 0 Å². The van der Waals surface area contributed by atoms with E-state index in [1.54, 1.807) is 0 Å². The minimum Gasteiger partial charge on any atom is -0.385 e. The fourth-order valence-electron chi connectivity index (χ4n) is 2.98. The molecule has 0 radical (unpaired) electrons. The number of fused-ring (bicyclic) bond motifs is 1. The lowest BCUT2D eigenvalue weighted by Crippen LogP contribution is -2.37. The van der Waals surface area contributed by atoms with Crippen molar-refractivity contribution >= 4 is 11.6 Å². The normalized spacial score (nSPS) is 19.3. The van der Waals surface area contributed by atoms with Gasteiger partial charge in [-0.15, -0.1) is 0 Å². The topological polar surface area (TPSA) is 32.3 Å². The van der Waals surface area contributed by atoms with Gasteiger partial charge >= 0.3 is 0 Å². The highest BCUT2D eigenvalue weighted by atomic mass is 16.2. The number of amides is 1. The molecule has 3 nitrogen and oxygen atoms in total. The zero-order valence-electron chi connectivity index (χ0n) is 11.8. The first kappa shape index (κ1) is 12.5. The van der Waals surface area contributed by atoms with Crippen molar-refractivity contribution in [1.82, 2.24) is 4.90 Å². The van der Waals surface area contributed by atoms with Crippen molar-refractivity contribution in [2.24, 2.45) is 5.92 Å². The van der Waals surface area contributed by atoms with Crippen LogP contribution >= 0.6 is 0 Å². The number of anilines is 1. The highest BCUT2D eigenvalue weighted by molar-refractivity contribution is 5.97. The van der Waals surface area contributed by atoms with Crippen LogP contribution in [0.15, 0.2) is 18.2 Å². The molecule has 0 saturated heterocycles. The van der Waals surface area contributed by atoms with E-state index in [9.17, 15) is 4.79 Å². The van der Waals surface area contributed by atoms with Crippen molar-refractivity contribution in [1.29, 1.82) is 0 Å². The van der Waals surface area contributed by atoms with Crippen molar-refractivity contribution in [2.45, 2.75) is 38.6 Å². The lowest BCUT2D eigenvalue weighted by atomic mass is 9.96. The highest BCUT2D eigenvalue weighted by Crippen LogP contribution is 2.35. The number of nitrogens with zero attached hydrogens (tertiary/aromatic N) is 1. The van der Waals surface area contributed by atoms with Gasteiger partial charge in [0.15, 0.2) is 0 Å². The Morgan fingerprint density at radius 3 is 2.95 bits per heavy atom. The molecule has 1 N–H and O–H groups in total. The minimum atomic E-state index is 0.181. The molecule has 0 spiro atoms. The fraction of sp³-hybridized carbons (Fsp3) is 0.562. The van der Waals surface area contributed by atoms with E-state index in [2.05, 4.69) is 18.3 Å². The monoisotopic (exact) mass is 258 g/mol. The average molecular weight is 258 g/mol. The molecule has 1 saturated carbocycles. The Morgan fingerprint density at radius 2 is 2.21 bits per heavy atom. The summed E-state index contributed by atoms with van der Waals surface area (Å²) in [6.07, 6.45) is 4.66. The first-order valence-electron chi connectivity index (χ1n) is 7.31. The van der Waals surface area contributed by atoms with E-state index in [0.29, 0.717) is 12.0 Å². The molecule has 19 heavy (non-hydrogen) atoms. The number of nitrogens with one attached hydrogen (secondary N) is 1. The summed E-state index contributed by atoms with van der Waals surface area (Å²) in [6.45, 7) is 3.18. The first-order chi connectivity index (χ1) is 9.18. The third kappa shape index (κ3) is 2.34. The molecule has 1 heterocycles. The highest BCUT2D eigenvalue weighted by Gasteiger charge is 2.33. The van der Waals surface area contributed by atoms with Crippen molar-refractivity contribution in [3.63, 3.8) is 0 Å². The number of benzene rings is 1. The predicted octanol–water partition coefficient (Wildman–Crippen LogP) is 2.92. The molecule has 102 valence electrons. The summed E-state index contributed by atoms with van der Waals surface area (Å²) in [5.74, 6) is 0.895. The standard InChI is InChI=1S/C16H22N2O/c1-11(12-8-9-12)18(2)16(19)14-5-3-7-15-13(14)6-4-10-17-15/h3,5,7,11-12,17H,4,6,8-10H2,1-2H3. The third-order valence-electron chi connectivity index (χ3n) is 4.56.